The minimum absolute atomic E-state index is 0.250. The van der Waals surface area contributed by atoms with Crippen LogP contribution in [-0.2, 0) is 7.05 Å². The van der Waals surface area contributed by atoms with Crippen LogP contribution in [0.2, 0.25) is 0 Å². The van der Waals surface area contributed by atoms with Crippen molar-refractivity contribution in [3.05, 3.63) is 60.6 Å². The van der Waals surface area contributed by atoms with Gasteiger partial charge in [-0.3, -0.25) is 4.98 Å². The molecule has 0 atom stereocenters. The number of rotatable bonds is 4. The van der Waals surface area contributed by atoms with Crippen molar-refractivity contribution in [1.82, 2.24) is 14.5 Å². The zero-order chi connectivity index (χ0) is 20.9. The van der Waals surface area contributed by atoms with Gasteiger partial charge < -0.3 is 4.57 Å². The lowest BCUT2D eigenvalue weighted by molar-refractivity contribution is 0.858. The van der Waals surface area contributed by atoms with Gasteiger partial charge in [-0.2, -0.15) is 3.89 Å². The van der Waals surface area contributed by atoms with Crippen LogP contribution in [-0.4, -0.2) is 20.8 Å². The molecule has 2 aromatic heterocycles. The fourth-order valence-electron chi connectivity index (χ4n) is 2.57. The third kappa shape index (κ3) is 7.12. The predicted molar refractivity (Wildman–Crippen MR) is 121 cm³/mol. The first kappa shape index (κ1) is 23.9. The minimum Gasteiger partial charge on any atom is -0.334 e. The van der Waals surface area contributed by atoms with E-state index in [1.54, 1.807) is 0 Å². The second-order valence-electron chi connectivity index (χ2n) is 6.69. The summed E-state index contributed by atoms with van der Waals surface area (Å²) < 4.78 is 12.3. The number of imidazole rings is 1. The topological polar surface area (TPSA) is 30.7 Å². The van der Waals surface area contributed by atoms with E-state index in [1.807, 2.05) is 43.8 Å². The minimum atomic E-state index is 0.250. The largest absolute Gasteiger partial charge is 0.334 e. The van der Waals surface area contributed by atoms with Crippen LogP contribution < -0.4 is 0 Å². The zero-order valence-corrected chi connectivity index (χ0v) is 18.6. The number of halogens is 1. The van der Waals surface area contributed by atoms with Crippen LogP contribution in [0.3, 0.4) is 0 Å². The summed E-state index contributed by atoms with van der Waals surface area (Å²) in [6, 6.07) is 12.5. The van der Waals surface area contributed by atoms with Gasteiger partial charge in [-0.25, -0.2) is 4.98 Å². The molecular formula is C23H32FN3S. The molecule has 0 fully saturated rings. The highest BCUT2D eigenvalue weighted by molar-refractivity contribution is 7.93. The number of nitrogens with zero attached hydrogens (tertiary/aromatic N) is 3. The Bertz CT molecular complexity index is 799. The quantitative estimate of drug-likeness (QED) is 0.459. The molecule has 0 bridgehead atoms. The number of pyridine rings is 1. The van der Waals surface area contributed by atoms with Crippen LogP contribution in [0, 0.1) is 0 Å². The van der Waals surface area contributed by atoms with Crippen molar-refractivity contribution in [2.75, 3.05) is 6.26 Å². The summed E-state index contributed by atoms with van der Waals surface area (Å²) in [5.41, 5.74) is 4.60. The van der Waals surface area contributed by atoms with Gasteiger partial charge in [-0.1, -0.05) is 58.7 Å². The van der Waals surface area contributed by atoms with Gasteiger partial charge in [0.1, 0.15) is 5.82 Å². The highest BCUT2D eigenvalue weighted by atomic mass is 32.2. The maximum absolute atomic E-state index is 10.2. The standard InChI is InChI=1S/C18H19N3.C4H10.CH3FS/c1-13(2)15-8-7-14(17-6-4-5-9-19-17)12-16(15)18-20-10-11-21(18)3;1-3-4-2;1-3-2/h4-13H,1-3H3;3-4H2,1-2H3;1H3. The SMILES string of the molecule is CC(C)c1ccc(-c2ccccn2)cc1-c1nccn1C.CCCC.CSF. The second kappa shape index (κ2) is 13.1. The summed E-state index contributed by atoms with van der Waals surface area (Å²) in [5, 5.41) is 0. The van der Waals surface area contributed by atoms with Gasteiger partial charge in [0.15, 0.2) is 0 Å². The van der Waals surface area contributed by atoms with Crippen molar-refractivity contribution in [2.45, 2.75) is 46.5 Å². The summed E-state index contributed by atoms with van der Waals surface area (Å²) in [6.07, 6.45) is 9.66. The molecule has 0 spiro atoms. The molecule has 2 heterocycles. The van der Waals surface area contributed by atoms with E-state index >= 15 is 0 Å². The van der Waals surface area contributed by atoms with Crippen molar-refractivity contribution in [1.29, 1.82) is 0 Å². The van der Waals surface area contributed by atoms with E-state index in [0.717, 1.165) is 17.1 Å². The lowest BCUT2D eigenvalue weighted by Crippen LogP contribution is -1.99. The highest BCUT2D eigenvalue weighted by Gasteiger charge is 2.13. The van der Waals surface area contributed by atoms with Crippen molar-refractivity contribution < 1.29 is 3.89 Å². The van der Waals surface area contributed by atoms with E-state index in [9.17, 15) is 3.89 Å². The Morgan fingerprint density at radius 3 is 2.18 bits per heavy atom. The van der Waals surface area contributed by atoms with Crippen molar-refractivity contribution in [3.63, 3.8) is 0 Å². The number of hydrogen-bond acceptors (Lipinski definition) is 3. The van der Waals surface area contributed by atoms with Gasteiger partial charge in [0.05, 0.1) is 5.69 Å². The van der Waals surface area contributed by atoms with Crippen LogP contribution in [0.1, 0.15) is 52.0 Å². The molecule has 0 saturated carbocycles. The Morgan fingerprint density at radius 1 is 1.04 bits per heavy atom. The molecular weight excluding hydrogens is 369 g/mol. The Labute approximate surface area is 173 Å². The normalized spacial score (nSPS) is 10.0. The van der Waals surface area contributed by atoms with E-state index in [-0.39, 0.29) is 12.1 Å². The fraction of sp³-hybridized carbons (Fsp3) is 0.391. The molecule has 28 heavy (non-hydrogen) atoms. The monoisotopic (exact) mass is 401 g/mol. The number of hydrogen-bond donors (Lipinski definition) is 0. The molecule has 1 aromatic carbocycles. The Hall–Kier alpha value is -2.14. The molecule has 5 heteroatoms. The third-order valence-electron chi connectivity index (χ3n) is 4.20. The molecule has 0 radical (unpaired) electrons. The lowest BCUT2D eigenvalue weighted by Gasteiger charge is -2.14. The molecule has 3 aromatic rings. The van der Waals surface area contributed by atoms with Gasteiger partial charge in [0, 0.05) is 55.2 Å². The molecule has 152 valence electrons. The fourth-order valence-corrected chi connectivity index (χ4v) is 2.57. The summed E-state index contributed by atoms with van der Waals surface area (Å²) in [4.78, 5) is 8.95. The van der Waals surface area contributed by atoms with E-state index in [1.165, 1.54) is 30.2 Å². The van der Waals surface area contributed by atoms with E-state index in [2.05, 4.69) is 60.4 Å². The van der Waals surface area contributed by atoms with Gasteiger partial charge in [-0.15, -0.1) is 0 Å². The molecule has 3 rings (SSSR count). The zero-order valence-electron chi connectivity index (χ0n) is 17.8. The van der Waals surface area contributed by atoms with Gasteiger partial charge in [0.2, 0.25) is 0 Å². The molecule has 0 unspecified atom stereocenters. The number of benzene rings is 1. The second-order valence-corrected chi connectivity index (χ2v) is 7.00. The molecule has 0 aliphatic heterocycles. The Morgan fingerprint density at radius 2 is 1.71 bits per heavy atom. The Kier molecular flexibility index (Phi) is 11.2. The average Bonchev–Trinajstić information content (AvgIpc) is 3.14. The first-order chi connectivity index (χ1) is 13.5. The van der Waals surface area contributed by atoms with Crippen LogP contribution in [0.4, 0.5) is 3.89 Å². The first-order valence-corrected chi connectivity index (χ1v) is 10.8. The summed E-state index contributed by atoms with van der Waals surface area (Å²) in [7, 11) is 2.03. The maximum Gasteiger partial charge on any atom is 0.139 e. The van der Waals surface area contributed by atoms with Crippen molar-refractivity contribution in [3.8, 4) is 22.6 Å². The molecule has 0 N–H and O–H groups in total. The Balaban J connectivity index is 0.000000489. The van der Waals surface area contributed by atoms with Gasteiger partial charge in [0.25, 0.3) is 0 Å². The summed E-state index contributed by atoms with van der Waals surface area (Å²) in [6.45, 7) is 8.78. The van der Waals surface area contributed by atoms with Gasteiger partial charge >= 0.3 is 0 Å². The van der Waals surface area contributed by atoms with Crippen LogP contribution in [0.25, 0.3) is 22.6 Å². The van der Waals surface area contributed by atoms with Crippen LogP contribution in [0.5, 0.6) is 0 Å². The average molecular weight is 402 g/mol. The number of unbranched alkanes of at least 4 members (excludes halogenated alkanes) is 1. The van der Waals surface area contributed by atoms with E-state index < -0.39 is 0 Å². The first-order valence-electron chi connectivity index (χ1n) is 9.67. The number of aromatic nitrogens is 3. The molecule has 3 nitrogen and oxygen atoms in total. The maximum atomic E-state index is 10.2. The van der Waals surface area contributed by atoms with Crippen molar-refractivity contribution >= 4 is 12.1 Å². The van der Waals surface area contributed by atoms with Crippen LogP contribution >= 0.6 is 12.1 Å². The molecule has 0 aliphatic rings. The highest BCUT2D eigenvalue weighted by Crippen LogP contribution is 2.31. The summed E-state index contributed by atoms with van der Waals surface area (Å²) in [5.74, 6) is 1.45. The van der Waals surface area contributed by atoms with E-state index in [0.29, 0.717) is 5.92 Å². The predicted octanol–water partition coefficient (Wildman–Crippen LogP) is 7.31. The lowest BCUT2D eigenvalue weighted by atomic mass is 9.94. The third-order valence-corrected chi connectivity index (χ3v) is 4.20. The van der Waals surface area contributed by atoms with E-state index in [4.69, 9.17) is 0 Å². The van der Waals surface area contributed by atoms with Crippen LogP contribution in [0.15, 0.2) is 55.0 Å². The van der Waals surface area contributed by atoms with Crippen molar-refractivity contribution in [2.24, 2.45) is 7.05 Å². The molecule has 0 amide bonds. The molecule has 0 aliphatic carbocycles. The number of aryl methyl sites for hydroxylation is 1. The smallest absolute Gasteiger partial charge is 0.139 e. The van der Waals surface area contributed by atoms with Gasteiger partial charge in [-0.05, 0) is 29.7 Å². The summed E-state index contributed by atoms with van der Waals surface area (Å²) >= 11 is 0.250. The molecule has 0 saturated heterocycles.